The molecule has 2 N–H and O–H groups in total. The molecule has 4 amide bonds. The Morgan fingerprint density at radius 2 is 1.64 bits per heavy atom. The predicted molar refractivity (Wildman–Crippen MR) is 241 cm³/mol. The molecule has 0 saturated carbocycles. The van der Waals surface area contributed by atoms with Gasteiger partial charge in [-0.15, -0.1) is 0 Å². The Bertz CT molecular complexity index is 2450. The van der Waals surface area contributed by atoms with Gasteiger partial charge in [0.25, 0.3) is 5.91 Å². The number of ether oxygens (including phenoxy) is 1. The molecule has 3 fully saturated rings. The third kappa shape index (κ3) is 9.13. The number of anilines is 2. The lowest BCUT2D eigenvalue weighted by Gasteiger charge is -2.38. The SMILES string of the molecule is C=CC(=O)N1CCN(c2nc(OCCCCCCCN3CCC(c4cc(F)cc5c4CN(C4CCC(=O)NC4=O)C5=O)CC3)nc3c2CCN(c2cc(O)cc4ccccc24)C3)CC1. The fraction of sp³-hybridized carbons (Fsp3) is 0.469. The summed E-state index contributed by atoms with van der Waals surface area (Å²) in [4.78, 5) is 70.2. The topological polar surface area (TPSA) is 152 Å². The van der Waals surface area contributed by atoms with Crippen LogP contribution in [0.25, 0.3) is 10.8 Å². The number of unbranched alkanes of at least 4 members (excludes halogenated alkanes) is 4. The van der Waals surface area contributed by atoms with Crippen molar-refractivity contribution in [2.24, 2.45) is 0 Å². The van der Waals surface area contributed by atoms with Crippen molar-refractivity contribution >= 4 is 45.9 Å². The van der Waals surface area contributed by atoms with E-state index in [-0.39, 0.29) is 48.8 Å². The number of fused-ring (bicyclic) bond motifs is 3. The second-order valence-electron chi connectivity index (χ2n) is 17.8. The van der Waals surface area contributed by atoms with Crippen LogP contribution >= 0.6 is 0 Å². The summed E-state index contributed by atoms with van der Waals surface area (Å²) in [6, 6.07) is 14.2. The van der Waals surface area contributed by atoms with E-state index in [0.29, 0.717) is 50.9 Å². The fourth-order valence-corrected chi connectivity index (χ4v) is 10.3. The molecule has 5 aliphatic rings. The Hall–Kier alpha value is -6.09. The number of nitrogens with one attached hydrogen (secondary N) is 1. The molecule has 0 bridgehead atoms. The van der Waals surface area contributed by atoms with Crippen molar-refractivity contribution in [2.45, 2.75) is 89.3 Å². The lowest BCUT2D eigenvalue weighted by atomic mass is 9.85. The first-order valence-corrected chi connectivity index (χ1v) is 23.0. The number of rotatable bonds is 14. The average Bonchev–Trinajstić information content (AvgIpc) is 3.63. The molecule has 1 aromatic heterocycles. The minimum atomic E-state index is -0.721. The van der Waals surface area contributed by atoms with Gasteiger partial charge in [0, 0.05) is 74.0 Å². The number of phenols is 1. The number of benzene rings is 3. The van der Waals surface area contributed by atoms with Crippen LogP contribution in [0.1, 0.15) is 96.4 Å². The summed E-state index contributed by atoms with van der Waals surface area (Å²) in [5.74, 6) is -0.375. The van der Waals surface area contributed by atoms with Gasteiger partial charge in [0.05, 0.1) is 18.8 Å². The largest absolute Gasteiger partial charge is 0.508 e. The number of imide groups is 1. The second kappa shape index (κ2) is 18.9. The third-order valence-corrected chi connectivity index (χ3v) is 13.8. The highest BCUT2D eigenvalue weighted by atomic mass is 19.1. The number of amides is 4. The van der Waals surface area contributed by atoms with Gasteiger partial charge in [-0.2, -0.15) is 9.97 Å². The maximum absolute atomic E-state index is 14.9. The van der Waals surface area contributed by atoms with Crippen molar-refractivity contribution in [2.75, 3.05) is 68.8 Å². The van der Waals surface area contributed by atoms with E-state index in [4.69, 9.17) is 14.7 Å². The average molecular weight is 873 g/mol. The molecule has 3 saturated heterocycles. The predicted octanol–water partition coefficient (Wildman–Crippen LogP) is 5.84. The van der Waals surface area contributed by atoms with E-state index < -0.39 is 17.8 Å². The summed E-state index contributed by atoms with van der Waals surface area (Å²) < 4.78 is 21.2. The van der Waals surface area contributed by atoms with Crippen LogP contribution in [-0.2, 0) is 33.9 Å². The van der Waals surface area contributed by atoms with Gasteiger partial charge in [0.2, 0.25) is 17.7 Å². The van der Waals surface area contributed by atoms with Crippen LogP contribution in [0.15, 0.2) is 61.2 Å². The highest BCUT2D eigenvalue weighted by Gasteiger charge is 2.41. The van der Waals surface area contributed by atoms with Crippen LogP contribution < -0.4 is 19.9 Å². The molecule has 336 valence electrons. The third-order valence-electron chi connectivity index (χ3n) is 13.8. The number of hydrogen-bond donors (Lipinski definition) is 2. The van der Waals surface area contributed by atoms with E-state index in [1.165, 1.54) is 17.0 Å². The summed E-state index contributed by atoms with van der Waals surface area (Å²) in [5, 5.41) is 15.0. The number of phenolic OH excluding ortho intramolecular Hbond substituents is 1. The zero-order valence-corrected chi connectivity index (χ0v) is 36.4. The standard InChI is InChI=1S/C49H57FN8O6/c1-2-45(61)55-21-23-56(24-22-55)46-37-16-20-57(43-29-35(59)26-33-10-6-7-11-36(33)43)31-41(37)51-49(53-46)64-25-9-5-3-4-8-17-54-18-14-32(15-19-54)38-27-34(50)28-39-40(38)30-58(48(39)63)42-12-13-44(60)52-47(42)62/h2,6-7,10-11,26-29,32,42,59H,1,3-5,8-9,12-25,30-31H2,(H,52,60,62). The number of carbonyl (C=O) groups is 4. The fourth-order valence-electron chi connectivity index (χ4n) is 10.3. The van der Waals surface area contributed by atoms with Crippen molar-refractivity contribution in [1.29, 1.82) is 0 Å². The van der Waals surface area contributed by atoms with Crippen LogP contribution in [0.4, 0.5) is 15.9 Å². The molecule has 1 atom stereocenters. The zero-order valence-electron chi connectivity index (χ0n) is 36.4. The van der Waals surface area contributed by atoms with Gasteiger partial charge in [-0.25, -0.2) is 4.39 Å². The molecule has 0 spiro atoms. The number of nitrogens with zero attached hydrogens (tertiary/aromatic N) is 7. The van der Waals surface area contributed by atoms with E-state index in [1.54, 1.807) is 12.1 Å². The summed E-state index contributed by atoms with van der Waals surface area (Å²) in [6.07, 6.45) is 9.51. The van der Waals surface area contributed by atoms with Crippen LogP contribution in [0, 0.1) is 5.82 Å². The first-order valence-electron chi connectivity index (χ1n) is 23.0. The summed E-state index contributed by atoms with van der Waals surface area (Å²) in [6.45, 7) is 11.0. The van der Waals surface area contributed by atoms with Crippen LogP contribution in [0.3, 0.4) is 0 Å². The number of aromatic nitrogens is 2. The first kappa shape index (κ1) is 43.2. The van der Waals surface area contributed by atoms with Gasteiger partial charge in [0.1, 0.15) is 23.4 Å². The second-order valence-corrected chi connectivity index (χ2v) is 17.8. The van der Waals surface area contributed by atoms with Crippen LogP contribution in [0.2, 0.25) is 0 Å². The van der Waals surface area contributed by atoms with Gasteiger partial charge in [-0.05, 0) is 105 Å². The molecule has 0 radical (unpaired) electrons. The molecule has 14 nitrogen and oxygen atoms in total. The van der Waals surface area contributed by atoms with E-state index in [1.807, 2.05) is 29.2 Å². The maximum atomic E-state index is 14.9. The van der Waals surface area contributed by atoms with Gasteiger partial charge in [-0.3, -0.25) is 24.5 Å². The van der Waals surface area contributed by atoms with Gasteiger partial charge in [-0.1, -0.05) is 50.1 Å². The van der Waals surface area contributed by atoms with Gasteiger partial charge in [0.15, 0.2) is 0 Å². The monoisotopic (exact) mass is 872 g/mol. The minimum absolute atomic E-state index is 0.0586. The molecule has 3 aromatic carbocycles. The Morgan fingerprint density at radius 3 is 2.44 bits per heavy atom. The van der Waals surface area contributed by atoms with Crippen molar-refractivity contribution < 1.29 is 33.4 Å². The summed E-state index contributed by atoms with van der Waals surface area (Å²) in [5.41, 5.74) is 5.02. The molecule has 64 heavy (non-hydrogen) atoms. The Kier molecular flexibility index (Phi) is 12.8. The highest BCUT2D eigenvalue weighted by Crippen LogP contribution is 2.39. The number of piperidine rings is 2. The number of piperazine rings is 1. The molecular weight excluding hydrogens is 816 g/mol. The van der Waals surface area contributed by atoms with Gasteiger partial charge < -0.3 is 34.3 Å². The number of likely N-dealkylation sites (tertiary alicyclic amines) is 1. The Labute approximate surface area is 373 Å². The number of hydrogen-bond acceptors (Lipinski definition) is 11. The molecule has 5 aliphatic heterocycles. The number of aromatic hydroxyl groups is 1. The Balaban J connectivity index is 0.754. The van der Waals surface area contributed by atoms with Gasteiger partial charge >= 0.3 is 6.01 Å². The van der Waals surface area contributed by atoms with Crippen molar-refractivity contribution in [3.8, 4) is 11.8 Å². The van der Waals surface area contributed by atoms with Crippen molar-refractivity contribution in [3.63, 3.8) is 0 Å². The zero-order chi connectivity index (χ0) is 44.3. The lowest BCUT2D eigenvalue weighted by Crippen LogP contribution is -2.52. The molecule has 15 heteroatoms. The maximum Gasteiger partial charge on any atom is 0.318 e. The smallest absolute Gasteiger partial charge is 0.318 e. The van der Waals surface area contributed by atoms with E-state index >= 15 is 0 Å². The molecule has 4 aromatic rings. The summed E-state index contributed by atoms with van der Waals surface area (Å²) in [7, 11) is 0. The quantitative estimate of drug-likeness (QED) is 0.0894. The van der Waals surface area contributed by atoms with E-state index in [9.17, 15) is 28.7 Å². The molecule has 0 aliphatic carbocycles. The molecule has 6 heterocycles. The first-order chi connectivity index (χ1) is 31.1. The van der Waals surface area contributed by atoms with E-state index in [2.05, 4.69) is 32.7 Å². The van der Waals surface area contributed by atoms with Crippen LogP contribution in [0.5, 0.6) is 11.8 Å². The lowest BCUT2D eigenvalue weighted by molar-refractivity contribution is -0.137. The normalized spacial score (nSPS) is 19.5. The molecule has 9 rings (SSSR count). The number of halogens is 1. The molecule has 1 unspecified atom stereocenters. The highest BCUT2D eigenvalue weighted by molar-refractivity contribution is 6.05. The summed E-state index contributed by atoms with van der Waals surface area (Å²) >= 11 is 0. The Morgan fingerprint density at radius 1 is 0.859 bits per heavy atom. The van der Waals surface area contributed by atoms with Crippen LogP contribution in [-0.4, -0.2) is 118 Å². The van der Waals surface area contributed by atoms with Crippen molar-refractivity contribution in [1.82, 2.24) is 30.0 Å². The number of carbonyl (C=O) groups excluding carboxylic acids is 4. The minimum Gasteiger partial charge on any atom is -0.508 e. The van der Waals surface area contributed by atoms with Crippen molar-refractivity contribution in [3.05, 3.63) is 95.0 Å². The van der Waals surface area contributed by atoms with E-state index in [0.717, 1.165) is 122 Å². The molecular formula is C49H57FN8O6.